The molecule has 0 aliphatic heterocycles. The molecular formula is C13H18N4. The number of nitrogens with zero attached hydrogens (tertiary/aromatic N) is 3. The lowest BCUT2D eigenvalue weighted by molar-refractivity contribution is 0.723. The summed E-state index contributed by atoms with van der Waals surface area (Å²) in [5.74, 6) is 0. The molecule has 0 aliphatic rings. The van der Waals surface area contributed by atoms with E-state index >= 15 is 0 Å². The topological polar surface area (TPSA) is 56.7 Å². The smallest absolute Gasteiger partial charge is 0.0952 e. The molecule has 2 aromatic heterocycles. The SMILES string of the molecule is Cc1cncc(Cn2cnc(CC(C)N)c2)c1. The molecule has 0 amide bonds. The molecule has 0 aliphatic carbocycles. The Morgan fingerprint density at radius 1 is 1.41 bits per heavy atom. The van der Waals surface area contributed by atoms with Crippen LogP contribution in [0.15, 0.2) is 31.0 Å². The van der Waals surface area contributed by atoms with Crippen LogP contribution in [0.4, 0.5) is 0 Å². The van der Waals surface area contributed by atoms with Crippen LogP contribution in [-0.4, -0.2) is 20.6 Å². The maximum Gasteiger partial charge on any atom is 0.0952 e. The molecule has 0 saturated heterocycles. The molecule has 4 nitrogen and oxygen atoms in total. The van der Waals surface area contributed by atoms with E-state index in [0.29, 0.717) is 0 Å². The third kappa shape index (κ3) is 3.39. The van der Waals surface area contributed by atoms with Crippen LogP contribution in [0.25, 0.3) is 0 Å². The Morgan fingerprint density at radius 2 is 2.24 bits per heavy atom. The van der Waals surface area contributed by atoms with Gasteiger partial charge in [0.15, 0.2) is 0 Å². The van der Waals surface area contributed by atoms with E-state index in [1.54, 1.807) is 0 Å². The van der Waals surface area contributed by atoms with E-state index in [1.807, 2.05) is 38.8 Å². The van der Waals surface area contributed by atoms with E-state index in [4.69, 9.17) is 5.73 Å². The summed E-state index contributed by atoms with van der Waals surface area (Å²) < 4.78 is 2.06. The lowest BCUT2D eigenvalue weighted by Crippen LogP contribution is -2.17. The second kappa shape index (κ2) is 5.10. The Kier molecular flexibility index (Phi) is 3.54. The Hall–Kier alpha value is -1.68. The van der Waals surface area contributed by atoms with Gasteiger partial charge in [0.25, 0.3) is 0 Å². The second-order valence-electron chi connectivity index (χ2n) is 4.59. The minimum Gasteiger partial charge on any atom is -0.333 e. The zero-order valence-corrected chi connectivity index (χ0v) is 10.3. The highest BCUT2D eigenvalue weighted by molar-refractivity contribution is 5.17. The van der Waals surface area contributed by atoms with Gasteiger partial charge >= 0.3 is 0 Å². The highest BCUT2D eigenvalue weighted by Crippen LogP contribution is 2.06. The summed E-state index contributed by atoms with van der Waals surface area (Å²) in [6, 6.07) is 2.29. The van der Waals surface area contributed by atoms with Crippen LogP contribution < -0.4 is 5.73 Å². The predicted molar refractivity (Wildman–Crippen MR) is 67.7 cm³/mol. The van der Waals surface area contributed by atoms with Crippen LogP contribution in [-0.2, 0) is 13.0 Å². The van der Waals surface area contributed by atoms with Gasteiger partial charge < -0.3 is 10.3 Å². The van der Waals surface area contributed by atoms with Crippen molar-refractivity contribution < 1.29 is 0 Å². The maximum atomic E-state index is 5.75. The van der Waals surface area contributed by atoms with Crippen LogP contribution in [0.5, 0.6) is 0 Å². The van der Waals surface area contributed by atoms with Gasteiger partial charge in [-0.15, -0.1) is 0 Å². The van der Waals surface area contributed by atoms with Crippen molar-refractivity contribution in [2.24, 2.45) is 5.73 Å². The summed E-state index contributed by atoms with van der Waals surface area (Å²) in [5.41, 5.74) is 9.16. The summed E-state index contributed by atoms with van der Waals surface area (Å²) in [5, 5.41) is 0. The minimum absolute atomic E-state index is 0.152. The van der Waals surface area contributed by atoms with E-state index < -0.39 is 0 Å². The highest BCUT2D eigenvalue weighted by Gasteiger charge is 2.02. The van der Waals surface area contributed by atoms with Gasteiger partial charge in [-0.25, -0.2) is 4.98 Å². The van der Waals surface area contributed by atoms with Crippen LogP contribution in [0.2, 0.25) is 0 Å². The van der Waals surface area contributed by atoms with Gasteiger partial charge in [0, 0.05) is 31.1 Å². The first-order valence-electron chi connectivity index (χ1n) is 5.80. The molecule has 90 valence electrons. The van der Waals surface area contributed by atoms with Gasteiger partial charge in [-0.05, 0) is 25.0 Å². The minimum atomic E-state index is 0.152. The fraction of sp³-hybridized carbons (Fsp3) is 0.385. The fourth-order valence-corrected chi connectivity index (χ4v) is 1.84. The molecule has 0 bridgehead atoms. The van der Waals surface area contributed by atoms with Crippen LogP contribution in [0.1, 0.15) is 23.7 Å². The summed E-state index contributed by atoms with van der Waals surface area (Å²) >= 11 is 0. The van der Waals surface area contributed by atoms with E-state index in [0.717, 1.165) is 18.7 Å². The lowest BCUT2D eigenvalue weighted by atomic mass is 10.2. The quantitative estimate of drug-likeness (QED) is 0.866. The largest absolute Gasteiger partial charge is 0.333 e. The number of nitrogens with two attached hydrogens (primary N) is 1. The number of hydrogen-bond acceptors (Lipinski definition) is 3. The molecule has 0 aromatic carbocycles. The van der Waals surface area contributed by atoms with E-state index in [9.17, 15) is 0 Å². The lowest BCUT2D eigenvalue weighted by Gasteiger charge is -2.03. The van der Waals surface area contributed by atoms with Crippen molar-refractivity contribution in [3.63, 3.8) is 0 Å². The molecule has 1 atom stereocenters. The maximum absolute atomic E-state index is 5.75. The van der Waals surface area contributed by atoms with Crippen LogP contribution >= 0.6 is 0 Å². The molecule has 2 aromatic rings. The van der Waals surface area contributed by atoms with Crippen LogP contribution in [0, 0.1) is 6.92 Å². The third-order valence-electron chi connectivity index (χ3n) is 2.51. The standard InChI is InChI=1S/C13H18N4/c1-10-3-12(6-15-5-10)7-17-8-13(16-9-17)4-11(2)14/h3,5-6,8-9,11H,4,7,14H2,1-2H3. The van der Waals surface area contributed by atoms with Crippen molar-refractivity contribution in [2.45, 2.75) is 32.9 Å². The molecule has 2 N–H and O–H groups in total. The number of imidazole rings is 1. The Labute approximate surface area is 102 Å². The van der Waals surface area contributed by atoms with Gasteiger partial charge in [0.05, 0.1) is 18.6 Å². The number of rotatable bonds is 4. The molecule has 4 heteroatoms. The van der Waals surface area contributed by atoms with Gasteiger partial charge in [0.2, 0.25) is 0 Å². The summed E-state index contributed by atoms with van der Waals surface area (Å²) in [7, 11) is 0. The van der Waals surface area contributed by atoms with Crippen LogP contribution in [0.3, 0.4) is 0 Å². The molecule has 0 spiro atoms. The number of pyridine rings is 1. The number of hydrogen-bond donors (Lipinski definition) is 1. The molecule has 2 heterocycles. The summed E-state index contributed by atoms with van der Waals surface area (Å²) in [6.07, 6.45) is 8.46. The predicted octanol–water partition coefficient (Wildman–Crippen LogP) is 1.52. The molecule has 0 fully saturated rings. The Morgan fingerprint density at radius 3 is 2.94 bits per heavy atom. The molecule has 0 radical (unpaired) electrons. The molecule has 17 heavy (non-hydrogen) atoms. The van der Waals surface area contributed by atoms with Crippen molar-refractivity contribution in [2.75, 3.05) is 0 Å². The third-order valence-corrected chi connectivity index (χ3v) is 2.51. The normalized spacial score (nSPS) is 12.6. The van der Waals surface area contributed by atoms with Gasteiger partial charge in [-0.3, -0.25) is 4.98 Å². The first kappa shape index (κ1) is 11.8. The van der Waals surface area contributed by atoms with Crippen molar-refractivity contribution in [1.82, 2.24) is 14.5 Å². The molecule has 1 unspecified atom stereocenters. The van der Waals surface area contributed by atoms with Crippen molar-refractivity contribution >= 4 is 0 Å². The fourth-order valence-electron chi connectivity index (χ4n) is 1.84. The van der Waals surface area contributed by atoms with E-state index in [1.165, 1.54) is 11.1 Å². The van der Waals surface area contributed by atoms with Gasteiger partial charge in [-0.1, -0.05) is 6.07 Å². The molecule has 2 rings (SSSR count). The molecular weight excluding hydrogens is 212 g/mol. The zero-order valence-electron chi connectivity index (χ0n) is 10.3. The van der Waals surface area contributed by atoms with Crippen molar-refractivity contribution in [1.29, 1.82) is 0 Å². The summed E-state index contributed by atoms with van der Waals surface area (Å²) in [6.45, 7) is 4.84. The average molecular weight is 230 g/mol. The average Bonchev–Trinajstić information content (AvgIpc) is 2.64. The van der Waals surface area contributed by atoms with Gasteiger partial charge in [-0.2, -0.15) is 0 Å². The number of aryl methyl sites for hydroxylation is 1. The van der Waals surface area contributed by atoms with Crippen molar-refractivity contribution in [3.05, 3.63) is 47.8 Å². The zero-order chi connectivity index (χ0) is 12.3. The Balaban J connectivity index is 2.06. The second-order valence-corrected chi connectivity index (χ2v) is 4.59. The first-order chi connectivity index (χ1) is 8.13. The van der Waals surface area contributed by atoms with Crippen molar-refractivity contribution in [3.8, 4) is 0 Å². The molecule has 0 saturated carbocycles. The van der Waals surface area contributed by atoms with Gasteiger partial charge in [0.1, 0.15) is 0 Å². The highest BCUT2D eigenvalue weighted by atomic mass is 15.0. The van der Waals surface area contributed by atoms with E-state index in [-0.39, 0.29) is 6.04 Å². The Bertz CT molecular complexity index is 488. The first-order valence-corrected chi connectivity index (χ1v) is 5.80. The summed E-state index contributed by atoms with van der Waals surface area (Å²) in [4.78, 5) is 8.52. The monoisotopic (exact) mass is 230 g/mol. The van der Waals surface area contributed by atoms with E-state index in [2.05, 4.69) is 20.6 Å². The number of aromatic nitrogens is 3.